The van der Waals surface area contributed by atoms with Crippen molar-refractivity contribution < 1.29 is 42.1 Å². The number of carbonyl (C=O) groups excluding carboxylic acids is 2. The summed E-state index contributed by atoms with van der Waals surface area (Å²) in [5, 5.41) is 27.2. The standard InChI is InChI=1S/C37H41F3N6O6/c38-37(39,40)22-43-36(50)30-20-45(19-28-10-11-32(52-28)26-16-41-23-42-17-26)12-13-46(30)18-27(47)15-25(14-24-6-2-1-3-7-24)35(49)44-34-29-8-4-5-9-33(29)51-21-31(34)48/h1-11,16-17,23,25,27,30-31,34,47-48H,12-15,18-22H2,(H,43,50)(H,44,49)/t25-,27+,30+,31-,34+/m1/s1. The number of nitrogens with one attached hydrogen (secondary N) is 2. The van der Waals surface area contributed by atoms with E-state index in [2.05, 4.69) is 15.3 Å². The first-order valence-electron chi connectivity index (χ1n) is 17.1. The van der Waals surface area contributed by atoms with Crippen LogP contribution in [0.25, 0.3) is 11.3 Å². The molecular weight excluding hydrogens is 681 g/mol. The third-order valence-corrected chi connectivity index (χ3v) is 9.27. The predicted octanol–water partition coefficient (Wildman–Crippen LogP) is 3.12. The molecule has 4 aromatic rings. The van der Waals surface area contributed by atoms with Crippen LogP contribution < -0.4 is 15.4 Å². The zero-order valence-corrected chi connectivity index (χ0v) is 28.3. The van der Waals surface area contributed by atoms with Crippen LogP contribution in [0.4, 0.5) is 13.2 Å². The topological polar surface area (TPSA) is 153 Å². The summed E-state index contributed by atoms with van der Waals surface area (Å²) in [5.74, 6) is -0.226. The number of aliphatic hydroxyl groups excluding tert-OH is 2. The van der Waals surface area contributed by atoms with Gasteiger partial charge >= 0.3 is 6.18 Å². The number of alkyl halides is 3. The fraction of sp³-hybridized carbons (Fsp3) is 0.405. The van der Waals surface area contributed by atoms with E-state index in [1.165, 1.54) is 6.33 Å². The number of hydrogen-bond acceptors (Lipinski definition) is 10. The first kappa shape index (κ1) is 36.9. The molecule has 2 aromatic heterocycles. The van der Waals surface area contributed by atoms with Gasteiger partial charge in [-0.3, -0.25) is 19.4 Å². The van der Waals surface area contributed by atoms with Crippen molar-refractivity contribution in [2.75, 3.05) is 39.3 Å². The Kier molecular flexibility index (Phi) is 11.8. The number of furan rings is 1. The Morgan fingerprint density at radius 3 is 2.52 bits per heavy atom. The summed E-state index contributed by atoms with van der Waals surface area (Å²) in [7, 11) is 0. The molecule has 0 saturated carbocycles. The second-order valence-electron chi connectivity index (χ2n) is 13.2. The molecule has 0 unspecified atom stereocenters. The van der Waals surface area contributed by atoms with E-state index in [1.54, 1.807) is 53.7 Å². The largest absolute Gasteiger partial charge is 0.490 e. The Morgan fingerprint density at radius 1 is 1.00 bits per heavy atom. The van der Waals surface area contributed by atoms with Gasteiger partial charge in [-0.15, -0.1) is 0 Å². The van der Waals surface area contributed by atoms with E-state index in [0.717, 1.165) is 5.56 Å². The zero-order valence-electron chi connectivity index (χ0n) is 28.3. The van der Waals surface area contributed by atoms with Crippen molar-refractivity contribution in [3.8, 4) is 17.1 Å². The van der Waals surface area contributed by atoms with E-state index in [-0.39, 0.29) is 45.0 Å². The normalized spacial score (nSPS) is 20.7. The Morgan fingerprint density at radius 2 is 1.75 bits per heavy atom. The van der Waals surface area contributed by atoms with Crippen LogP contribution >= 0.6 is 0 Å². The molecule has 5 atom stereocenters. The predicted molar refractivity (Wildman–Crippen MR) is 183 cm³/mol. The Balaban J connectivity index is 1.15. The van der Waals surface area contributed by atoms with Gasteiger partial charge in [-0.1, -0.05) is 48.5 Å². The van der Waals surface area contributed by atoms with Crippen LogP contribution in [0.5, 0.6) is 5.75 Å². The Hall–Kier alpha value is -4.83. The highest BCUT2D eigenvalue weighted by Crippen LogP contribution is 2.32. The van der Waals surface area contributed by atoms with Gasteiger partial charge in [-0.25, -0.2) is 9.97 Å². The van der Waals surface area contributed by atoms with Gasteiger partial charge in [0.05, 0.1) is 24.3 Å². The van der Waals surface area contributed by atoms with Crippen molar-refractivity contribution in [3.05, 3.63) is 102 Å². The molecule has 0 aliphatic carbocycles. The summed E-state index contributed by atoms with van der Waals surface area (Å²) in [6, 6.07) is 18.3. The minimum atomic E-state index is -4.60. The molecule has 0 radical (unpaired) electrons. The molecule has 2 aromatic carbocycles. The number of benzene rings is 2. The third kappa shape index (κ3) is 9.73. The number of ether oxygens (including phenoxy) is 1. The van der Waals surface area contributed by atoms with Gasteiger partial charge in [0.15, 0.2) is 0 Å². The zero-order chi connectivity index (χ0) is 36.7. The minimum absolute atomic E-state index is 0.000771. The maximum absolute atomic E-state index is 13.9. The maximum atomic E-state index is 13.9. The van der Waals surface area contributed by atoms with Gasteiger partial charge in [-0.05, 0) is 36.6 Å². The number of nitrogens with zero attached hydrogens (tertiary/aromatic N) is 4. The fourth-order valence-electron chi connectivity index (χ4n) is 6.71. The SMILES string of the molecule is O=C(N[C@H]1c2ccccc2OC[C@H]1O)[C@H](Cc1ccccc1)C[C@H](O)CN1CCN(Cc2ccc(-c3cncnc3)o2)C[C@H]1C(=O)NCC(F)(F)F. The molecule has 2 aliphatic heterocycles. The van der Waals surface area contributed by atoms with Crippen molar-refractivity contribution in [2.24, 2.45) is 5.92 Å². The number of amides is 2. The number of para-hydroxylation sites is 1. The number of fused-ring (bicyclic) bond motifs is 1. The van der Waals surface area contributed by atoms with Gasteiger partial charge < -0.3 is 30.0 Å². The average molecular weight is 723 g/mol. The first-order valence-corrected chi connectivity index (χ1v) is 17.1. The summed E-state index contributed by atoms with van der Waals surface area (Å²) < 4.78 is 50.9. The highest BCUT2D eigenvalue weighted by atomic mass is 19.4. The monoisotopic (exact) mass is 722 g/mol. The van der Waals surface area contributed by atoms with E-state index in [1.807, 2.05) is 40.5 Å². The lowest BCUT2D eigenvalue weighted by Crippen LogP contribution is -2.60. The molecule has 1 fully saturated rings. The fourth-order valence-corrected chi connectivity index (χ4v) is 6.71. The number of piperazine rings is 1. The molecule has 4 heterocycles. The van der Waals surface area contributed by atoms with Crippen LogP contribution in [0.1, 0.15) is 29.3 Å². The van der Waals surface area contributed by atoms with E-state index in [9.17, 15) is 33.0 Å². The van der Waals surface area contributed by atoms with Crippen LogP contribution in [0, 0.1) is 5.92 Å². The number of β-amino-alcohol motifs (C(OH)–C–C–N with tert-alkyl or cyclic N) is 1. The van der Waals surface area contributed by atoms with Gasteiger partial charge in [0.1, 0.15) is 48.9 Å². The maximum Gasteiger partial charge on any atom is 0.405 e. The van der Waals surface area contributed by atoms with Gasteiger partial charge in [0.25, 0.3) is 0 Å². The number of aliphatic hydroxyl groups is 2. The van der Waals surface area contributed by atoms with Crippen LogP contribution in [-0.4, -0.2) is 106 Å². The number of halogens is 3. The smallest absolute Gasteiger partial charge is 0.405 e. The van der Waals surface area contributed by atoms with E-state index < -0.39 is 48.8 Å². The molecule has 12 nitrogen and oxygen atoms in total. The van der Waals surface area contributed by atoms with E-state index >= 15 is 0 Å². The molecule has 0 bridgehead atoms. The molecule has 2 amide bonds. The number of rotatable bonds is 13. The van der Waals surface area contributed by atoms with Gasteiger partial charge in [-0.2, -0.15) is 13.2 Å². The molecule has 52 heavy (non-hydrogen) atoms. The molecule has 2 aliphatic rings. The van der Waals surface area contributed by atoms with Crippen molar-refractivity contribution in [3.63, 3.8) is 0 Å². The third-order valence-electron chi connectivity index (χ3n) is 9.27. The second kappa shape index (κ2) is 16.7. The van der Waals surface area contributed by atoms with E-state index in [4.69, 9.17) is 9.15 Å². The van der Waals surface area contributed by atoms with Crippen molar-refractivity contribution in [1.82, 2.24) is 30.4 Å². The summed E-state index contributed by atoms with van der Waals surface area (Å²) in [6.45, 7) is -0.459. The molecule has 276 valence electrons. The average Bonchev–Trinajstić information content (AvgIpc) is 3.61. The Bertz CT molecular complexity index is 1780. The number of carbonyl (C=O) groups is 2. The molecule has 4 N–H and O–H groups in total. The highest BCUT2D eigenvalue weighted by molar-refractivity contribution is 5.82. The Labute approximate surface area is 298 Å². The van der Waals surface area contributed by atoms with E-state index in [0.29, 0.717) is 41.5 Å². The molecule has 15 heteroatoms. The number of hydrogen-bond donors (Lipinski definition) is 4. The summed E-state index contributed by atoms with van der Waals surface area (Å²) >= 11 is 0. The lowest BCUT2D eigenvalue weighted by molar-refractivity contribution is -0.143. The first-order chi connectivity index (χ1) is 25.0. The minimum Gasteiger partial charge on any atom is -0.490 e. The van der Waals surface area contributed by atoms with Crippen LogP contribution in [0.15, 0.2) is 89.9 Å². The van der Waals surface area contributed by atoms with Gasteiger partial charge in [0, 0.05) is 50.1 Å². The molecule has 0 spiro atoms. The summed E-state index contributed by atoms with van der Waals surface area (Å²) in [4.78, 5) is 38.7. The van der Waals surface area contributed by atoms with Crippen molar-refractivity contribution in [1.29, 1.82) is 0 Å². The van der Waals surface area contributed by atoms with Crippen LogP contribution in [-0.2, 0) is 22.6 Å². The van der Waals surface area contributed by atoms with Crippen LogP contribution in [0.2, 0.25) is 0 Å². The highest BCUT2D eigenvalue weighted by Gasteiger charge is 2.38. The number of aromatic nitrogens is 2. The van der Waals surface area contributed by atoms with Gasteiger partial charge in [0.2, 0.25) is 11.8 Å². The van der Waals surface area contributed by atoms with Crippen molar-refractivity contribution in [2.45, 2.75) is 49.9 Å². The molecule has 6 rings (SSSR count). The lowest BCUT2D eigenvalue weighted by Gasteiger charge is -2.41. The summed E-state index contributed by atoms with van der Waals surface area (Å²) in [5.41, 5.74) is 2.19. The van der Waals surface area contributed by atoms with Crippen LogP contribution in [0.3, 0.4) is 0 Å². The summed E-state index contributed by atoms with van der Waals surface area (Å²) in [6.07, 6.45) is -1.79. The molecular formula is C37H41F3N6O6. The van der Waals surface area contributed by atoms with Crippen molar-refractivity contribution >= 4 is 11.8 Å². The quantitative estimate of drug-likeness (QED) is 0.162. The lowest BCUT2D eigenvalue weighted by atomic mass is 9.90. The second-order valence-corrected chi connectivity index (χ2v) is 13.2. The molecule has 1 saturated heterocycles.